The summed E-state index contributed by atoms with van der Waals surface area (Å²) in [6.45, 7) is 0. The third kappa shape index (κ3) is 2.40. The average Bonchev–Trinajstić information content (AvgIpc) is 1.99. The van der Waals surface area contributed by atoms with Gasteiger partial charge < -0.3 is 0 Å². The minimum Gasteiger partial charge on any atom is -0.206 e. The van der Waals surface area contributed by atoms with Crippen molar-refractivity contribution in [1.82, 2.24) is 0 Å². The van der Waals surface area contributed by atoms with Crippen LogP contribution < -0.4 is 0 Å². The Balaban J connectivity index is 3.32. The zero-order valence-corrected chi connectivity index (χ0v) is 6.88. The van der Waals surface area contributed by atoms with Crippen LogP contribution in [0.4, 0.5) is 30.7 Å². The molecule has 0 saturated heterocycles. The van der Waals surface area contributed by atoms with Gasteiger partial charge >= 0.3 is 6.18 Å². The summed E-state index contributed by atoms with van der Waals surface area (Å²) in [5.41, 5.74) is -3.29. The van der Waals surface area contributed by atoms with Crippen molar-refractivity contribution in [2.45, 2.75) is 12.6 Å². The summed E-state index contributed by atoms with van der Waals surface area (Å²) in [6.07, 6.45) is -8.46. The molecule has 0 atom stereocenters. The van der Waals surface area contributed by atoms with E-state index in [1.165, 1.54) is 0 Å². The molecule has 0 aliphatic carbocycles. The topological polar surface area (TPSA) is 0 Å². The monoisotopic (exact) mass is 232 g/mol. The Morgan fingerprint density at radius 2 is 1.33 bits per heavy atom. The van der Waals surface area contributed by atoms with Gasteiger partial charge in [0.2, 0.25) is 0 Å². The number of benzene rings is 1. The van der Waals surface area contributed by atoms with Crippen LogP contribution in [0.15, 0.2) is 12.1 Å². The first-order valence-corrected chi connectivity index (χ1v) is 3.57. The van der Waals surface area contributed by atoms with Crippen molar-refractivity contribution in [1.29, 1.82) is 0 Å². The Hall–Kier alpha value is -1.27. The van der Waals surface area contributed by atoms with Gasteiger partial charge in [-0.3, -0.25) is 0 Å². The molecule has 0 fully saturated rings. The largest absolute Gasteiger partial charge is 0.416 e. The Kier molecular flexibility index (Phi) is 2.92. The number of alkyl halides is 5. The van der Waals surface area contributed by atoms with Gasteiger partial charge in [0.25, 0.3) is 6.43 Å². The first kappa shape index (κ1) is 11.8. The molecule has 84 valence electrons. The first-order valence-electron chi connectivity index (χ1n) is 3.57. The molecule has 0 bridgehead atoms. The second-order valence-corrected chi connectivity index (χ2v) is 2.65. The van der Waals surface area contributed by atoms with E-state index in [0.29, 0.717) is 0 Å². The van der Waals surface area contributed by atoms with Crippen LogP contribution in [0.25, 0.3) is 0 Å². The van der Waals surface area contributed by atoms with Crippen LogP contribution in [0.5, 0.6) is 0 Å². The fourth-order valence-electron chi connectivity index (χ4n) is 0.956. The second kappa shape index (κ2) is 3.71. The molecule has 1 aromatic rings. The molecule has 0 spiro atoms. The van der Waals surface area contributed by atoms with Crippen molar-refractivity contribution in [2.75, 3.05) is 0 Å². The summed E-state index contributed by atoms with van der Waals surface area (Å²) in [6, 6.07) is -0.324. The van der Waals surface area contributed by atoms with E-state index in [2.05, 4.69) is 0 Å². The molecule has 15 heavy (non-hydrogen) atoms. The lowest BCUT2D eigenvalue weighted by molar-refractivity contribution is -0.138. The molecule has 0 aromatic heterocycles. The van der Waals surface area contributed by atoms with Gasteiger partial charge in [-0.1, -0.05) is 0 Å². The van der Waals surface area contributed by atoms with E-state index in [1.807, 2.05) is 0 Å². The van der Waals surface area contributed by atoms with Crippen LogP contribution in [0.1, 0.15) is 17.6 Å². The van der Waals surface area contributed by atoms with E-state index in [4.69, 9.17) is 0 Å². The van der Waals surface area contributed by atoms with Crippen LogP contribution in [0, 0.1) is 11.6 Å². The minimum atomic E-state index is -4.97. The van der Waals surface area contributed by atoms with Gasteiger partial charge in [0, 0.05) is 0 Å². The van der Waals surface area contributed by atoms with Crippen molar-refractivity contribution in [3.63, 3.8) is 0 Å². The maximum atomic E-state index is 12.7. The second-order valence-electron chi connectivity index (χ2n) is 2.65. The van der Waals surface area contributed by atoms with Crippen molar-refractivity contribution >= 4 is 0 Å². The molecule has 1 aromatic carbocycles. The summed E-state index contributed by atoms with van der Waals surface area (Å²) < 4.78 is 85.1. The maximum Gasteiger partial charge on any atom is 0.416 e. The lowest BCUT2D eigenvalue weighted by Crippen LogP contribution is -2.08. The number of hydrogen-bond acceptors (Lipinski definition) is 0. The maximum absolute atomic E-state index is 12.7. The summed E-state index contributed by atoms with van der Waals surface area (Å²) in [5, 5.41) is 0. The fraction of sp³-hybridized carbons (Fsp3) is 0.250. The zero-order valence-electron chi connectivity index (χ0n) is 6.88. The summed E-state index contributed by atoms with van der Waals surface area (Å²) >= 11 is 0. The smallest absolute Gasteiger partial charge is 0.206 e. The average molecular weight is 232 g/mol. The van der Waals surface area contributed by atoms with Gasteiger partial charge in [-0.25, -0.2) is 17.6 Å². The SMILES string of the molecule is Fc1cc(C(F)(F)F)cc(F)c1C(F)F. The molecule has 1 rings (SSSR count). The fourth-order valence-corrected chi connectivity index (χ4v) is 0.956. The number of halogens is 7. The van der Waals surface area contributed by atoms with Crippen LogP contribution in [-0.2, 0) is 6.18 Å². The molecular weight excluding hydrogens is 229 g/mol. The van der Waals surface area contributed by atoms with E-state index in [1.54, 1.807) is 0 Å². The van der Waals surface area contributed by atoms with Crippen LogP contribution in [0.3, 0.4) is 0 Å². The number of rotatable bonds is 1. The third-order valence-corrected chi connectivity index (χ3v) is 1.62. The van der Waals surface area contributed by atoms with Gasteiger partial charge in [0.15, 0.2) is 0 Å². The molecular formula is C8H3F7. The van der Waals surface area contributed by atoms with Crippen LogP contribution in [0.2, 0.25) is 0 Å². The lowest BCUT2D eigenvalue weighted by atomic mass is 10.1. The Bertz CT molecular complexity index is 343. The molecule has 0 radical (unpaired) electrons. The highest BCUT2D eigenvalue weighted by molar-refractivity contribution is 5.28. The molecule has 0 amide bonds. The lowest BCUT2D eigenvalue weighted by Gasteiger charge is -2.09. The van der Waals surface area contributed by atoms with Crippen molar-refractivity contribution in [3.05, 3.63) is 34.9 Å². The van der Waals surface area contributed by atoms with Gasteiger partial charge in [0.1, 0.15) is 11.6 Å². The van der Waals surface area contributed by atoms with Gasteiger partial charge in [0.05, 0.1) is 11.1 Å². The Labute approximate surface area is 79.3 Å². The van der Waals surface area contributed by atoms with Crippen molar-refractivity contribution in [3.8, 4) is 0 Å². The minimum absolute atomic E-state index is 0.162. The van der Waals surface area contributed by atoms with E-state index >= 15 is 0 Å². The van der Waals surface area contributed by atoms with E-state index in [0.717, 1.165) is 0 Å². The van der Waals surface area contributed by atoms with Crippen molar-refractivity contribution < 1.29 is 30.7 Å². The summed E-state index contributed by atoms with van der Waals surface area (Å²) in [5.74, 6) is -3.81. The molecule has 0 N–H and O–H groups in total. The molecule has 0 saturated carbocycles. The van der Waals surface area contributed by atoms with E-state index in [-0.39, 0.29) is 12.1 Å². The zero-order chi connectivity index (χ0) is 11.8. The van der Waals surface area contributed by atoms with Crippen molar-refractivity contribution in [2.24, 2.45) is 0 Å². The van der Waals surface area contributed by atoms with E-state index < -0.39 is 35.4 Å². The highest BCUT2D eigenvalue weighted by atomic mass is 19.4. The molecule has 0 heterocycles. The van der Waals surface area contributed by atoms with Gasteiger partial charge in [-0.15, -0.1) is 0 Å². The molecule has 7 heteroatoms. The molecule has 0 nitrogen and oxygen atoms in total. The highest BCUT2D eigenvalue weighted by Crippen LogP contribution is 2.33. The molecule has 0 unspecified atom stereocenters. The number of hydrogen-bond donors (Lipinski definition) is 0. The van der Waals surface area contributed by atoms with E-state index in [9.17, 15) is 30.7 Å². The Morgan fingerprint density at radius 3 is 1.60 bits per heavy atom. The third-order valence-electron chi connectivity index (χ3n) is 1.62. The predicted molar refractivity (Wildman–Crippen MR) is 36.3 cm³/mol. The Morgan fingerprint density at radius 1 is 0.933 bits per heavy atom. The molecule has 0 aliphatic heterocycles. The normalized spacial score (nSPS) is 12.3. The first-order chi connectivity index (χ1) is 6.73. The van der Waals surface area contributed by atoms with Gasteiger partial charge in [-0.2, -0.15) is 13.2 Å². The quantitative estimate of drug-likeness (QED) is 0.643. The summed E-state index contributed by atoms with van der Waals surface area (Å²) in [7, 11) is 0. The standard InChI is InChI=1S/C8H3F7/c9-4-1-3(8(13,14)15)2-5(10)6(4)7(11)12/h1-2,7H. The predicted octanol–water partition coefficient (Wildman–Crippen LogP) is 3.92. The van der Waals surface area contributed by atoms with Gasteiger partial charge in [-0.05, 0) is 12.1 Å². The summed E-state index contributed by atoms with van der Waals surface area (Å²) in [4.78, 5) is 0. The van der Waals surface area contributed by atoms with Crippen LogP contribution in [-0.4, -0.2) is 0 Å². The molecule has 0 aliphatic rings. The van der Waals surface area contributed by atoms with Crippen LogP contribution >= 0.6 is 0 Å². The highest BCUT2D eigenvalue weighted by Gasteiger charge is 2.33.